The van der Waals surface area contributed by atoms with E-state index in [1.807, 2.05) is 11.8 Å². The maximum atomic E-state index is 5.67. The van der Waals surface area contributed by atoms with Crippen molar-refractivity contribution < 1.29 is 4.74 Å². The van der Waals surface area contributed by atoms with Gasteiger partial charge in [-0.3, -0.25) is 0 Å². The molecule has 1 aliphatic rings. The van der Waals surface area contributed by atoms with Crippen molar-refractivity contribution >= 4 is 27.7 Å². The van der Waals surface area contributed by atoms with Gasteiger partial charge in [0.05, 0.1) is 6.10 Å². The first-order chi connectivity index (χ1) is 9.65. The predicted octanol–water partition coefficient (Wildman–Crippen LogP) is 4.47. The lowest BCUT2D eigenvalue weighted by atomic mass is 10.2. The standard InChI is InChI=1S/C16H24BrNOS/c1-12(2)9-18-10-13-5-6-16(15(17)8-13)20-11-14-4-3-7-19-14/h5-6,8,12,14,18H,3-4,7,9-11H2,1-2H3. The Balaban J connectivity index is 1.81. The molecular weight excluding hydrogens is 334 g/mol. The highest BCUT2D eigenvalue weighted by atomic mass is 79.9. The third-order valence-electron chi connectivity index (χ3n) is 3.33. The molecule has 2 nitrogen and oxygen atoms in total. The summed E-state index contributed by atoms with van der Waals surface area (Å²) in [5.74, 6) is 1.75. The van der Waals surface area contributed by atoms with Crippen molar-refractivity contribution in [1.82, 2.24) is 5.32 Å². The van der Waals surface area contributed by atoms with Gasteiger partial charge in [-0.15, -0.1) is 11.8 Å². The number of nitrogens with one attached hydrogen (secondary N) is 1. The van der Waals surface area contributed by atoms with Gasteiger partial charge in [0.2, 0.25) is 0 Å². The minimum atomic E-state index is 0.444. The average Bonchev–Trinajstić information content (AvgIpc) is 2.90. The van der Waals surface area contributed by atoms with Crippen LogP contribution in [0.4, 0.5) is 0 Å². The largest absolute Gasteiger partial charge is 0.377 e. The third kappa shape index (κ3) is 5.40. The molecule has 4 heteroatoms. The minimum absolute atomic E-state index is 0.444. The van der Waals surface area contributed by atoms with Gasteiger partial charge in [0.1, 0.15) is 0 Å². The minimum Gasteiger partial charge on any atom is -0.377 e. The van der Waals surface area contributed by atoms with Crippen LogP contribution in [0.5, 0.6) is 0 Å². The van der Waals surface area contributed by atoms with Crippen LogP contribution in [0.3, 0.4) is 0 Å². The first kappa shape index (κ1) is 16.3. The van der Waals surface area contributed by atoms with Gasteiger partial charge in [-0.1, -0.05) is 19.9 Å². The van der Waals surface area contributed by atoms with Gasteiger partial charge in [-0.2, -0.15) is 0 Å². The molecule has 1 unspecified atom stereocenters. The van der Waals surface area contributed by atoms with E-state index in [9.17, 15) is 0 Å². The Morgan fingerprint density at radius 2 is 2.30 bits per heavy atom. The highest BCUT2D eigenvalue weighted by Crippen LogP contribution is 2.30. The van der Waals surface area contributed by atoms with Gasteiger partial charge in [0, 0.05) is 28.3 Å². The zero-order valence-electron chi connectivity index (χ0n) is 12.3. The SMILES string of the molecule is CC(C)CNCc1ccc(SCC2CCCO2)c(Br)c1. The molecule has 112 valence electrons. The Morgan fingerprint density at radius 3 is 2.95 bits per heavy atom. The Bertz CT molecular complexity index is 419. The molecule has 1 atom stereocenters. The molecule has 0 aromatic heterocycles. The third-order valence-corrected chi connectivity index (χ3v) is 5.45. The number of hydrogen-bond donors (Lipinski definition) is 1. The van der Waals surface area contributed by atoms with Crippen molar-refractivity contribution in [3.8, 4) is 0 Å². The van der Waals surface area contributed by atoms with E-state index in [0.29, 0.717) is 12.0 Å². The van der Waals surface area contributed by atoms with Crippen molar-refractivity contribution in [1.29, 1.82) is 0 Å². The number of hydrogen-bond acceptors (Lipinski definition) is 3. The van der Waals surface area contributed by atoms with Gasteiger partial charge >= 0.3 is 0 Å². The van der Waals surface area contributed by atoms with Gasteiger partial charge in [0.15, 0.2) is 0 Å². The topological polar surface area (TPSA) is 21.3 Å². The lowest BCUT2D eigenvalue weighted by Crippen LogP contribution is -2.18. The number of rotatable bonds is 7. The van der Waals surface area contributed by atoms with E-state index in [-0.39, 0.29) is 0 Å². The van der Waals surface area contributed by atoms with E-state index in [0.717, 1.165) is 25.4 Å². The number of thioether (sulfide) groups is 1. The molecule has 0 spiro atoms. The van der Waals surface area contributed by atoms with Gasteiger partial charge < -0.3 is 10.1 Å². The monoisotopic (exact) mass is 357 g/mol. The second kappa shape index (κ2) is 8.42. The summed E-state index contributed by atoms with van der Waals surface area (Å²) in [5.41, 5.74) is 1.33. The number of ether oxygens (including phenoxy) is 1. The Labute approximate surface area is 135 Å². The maximum Gasteiger partial charge on any atom is 0.0669 e. The first-order valence-corrected chi connectivity index (χ1v) is 9.16. The van der Waals surface area contributed by atoms with Crippen LogP contribution >= 0.6 is 27.7 Å². The fourth-order valence-electron chi connectivity index (χ4n) is 2.24. The van der Waals surface area contributed by atoms with E-state index in [4.69, 9.17) is 4.74 Å². The van der Waals surface area contributed by atoms with Crippen LogP contribution in [0.25, 0.3) is 0 Å². The fraction of sp³-hybridized carbons (Fsp3) is 0.625. The summed E-state index contributed by atoms with van der Waals surface area (Å²) < 4.78 is 6.87. The molecule has 0 amide bonds. The van der Waals surface area contributed by atoms with Gasteiger partial charge in [0.25, 0.3) is 0 Å². The summed E-state index contributed by atoms with van der Waals surface area (Å²) >= 11 is 5.58. The Morgan fingerprint density at radius 1 is 1.45 bits per heavy atom. The van der Waals surface area contributed by atoms with Crippen LogP contribution in [0.15, 0.2) is 27.6 Å². The van der Waals surface area contributed by atoms with Crippen LogP contribution in [0.1, 0.15) is 32.3 Å². The van der Waals surface area contributed by atoms with E-state index < -0.39 is 0 Å². The van der Waals surface area contributed by atoms with Crippen molar-refractivity contribution in [3.05, 3.63) is 28.2 Å². The molecule has 1 aliphatic heterocycles. The zero-order valence-corrected chi connectivity index (χ0v) is 14.7. The molecule has 0 saturated carbocycles. The molecule has 1 aromatic carbocycles. The van der Waals surface area contributed by atoms with Crippen LogP contribution in [0, 0.1) is 5.92 Å². The first-order valence-electron chi connectivity index (χ1n) is 7.38. The zero-order chi connectivity index (χ0) is 14.4. The predicted molar refractivity (Wildman–Crippen MR) is 90.4 cm³/mol. The number of benzene rings is 1. The molecule has 20 heavy (non-hydrogen) atoms. The summed E-state index contributed by atoms with van der Waals surface area (Å²) in [6, 6.07) is 6.66. The van der Waals surface area contributed by atoms with Crippen molar-refractivity contribution in [2.24, 2.45) is 5.92 Å². The second-order valence-corrected chi connectivity index (χ2v) is 7.65. The second-order valence-electron chi connectivity index (χ2n) is 5.74. The van der Waals surface area contributed by atoms with Gasteiger partial charge in [-0.25, -0.2) is 0 Å². The van der Waals surface area contributed by atoms with Crippen molar-refractivity contribution in [2.45, 2.75) is 44.2 Å². The number of halogens is 1. The van der Waals surface area contributed by atoms with Crippen molar-refractivity contribution in [2.75, 3.05) is 18.9 Å². The molecule has 0 bridgehead atoms. The van der Waals surface area contributed by atoms with E-state index in [2.05, 4.69) is 53.3 Å². The quantitative estimate of drug-likeness (QED) is 0.727. The summed E-state index contributed by atoms with van der Waals surface area (Å²) in [6.07, 6.45) is 2.87. The van der Waals surface area contributed by atoms with Crippen LogP contribution in [-0.4, -0.2) is 25.0 Å². The fourth-order valence-corrected chi connectivity index (χ4v) is 3.99. The van der Waals surface area contributed by atoms with Crippen LogP contribution < -0.4 is 5.32 Å². The van der Waals surface area contributed by atoms with E-state index in [1.54, 1.807) is 0 Å². The van der Waals surface area contributed by atoms with Crippen molar-refractivity contribution in [3.63, 3.8) is 0 Å². The summed E-state index contributed by atoms with van der Waals surface area (Å²) in [6.45, 7) is 7.40. The van der Waals surface area contributed by atoms with Crippen LogP contribution in [-0.2, 0) is 11.3 Å². The normalized spacial score (nSPS) is 18.9. The lowest BCUT2D eigenvalue weighted by Gasteiger charge is -2.12. The lowest BCUT2D eigenvalue weighted by molar-refractivity contribution is 0.129. The van der Waals surface area contributed by atoms with Gasteiger partial charge in [-0.05, 0) is 58.9 Å². The molecule has 0 radical (unpaired) electrons. The van der Waals surface area contributed by atoms with E-state index in [1.165, 1.54) is 27.8 Å². The summed E-state index contributed by atoms with van der Waals surface area (Å²) in [7, 11) is 0. The van der Waals surface area contributed by atoms with E-state index >= 15 is 0 Å². The smallest absolute Gasteiger partial charge is 0.0669 e. The molecule has 1 N–H and O–H groups in total. The Hall–Kier alpha value is -0.0300. The molecule has 0 aliphatic carbocycles. The molecular formula is C16H24BrNOS. The van der Waals surface area contributed by atoms with Crippen LogP contribution in [0.2, 0.25) is 0 Å². The summed E-state index contributed by atoms with van der Waals surface area (Å²) in [4.78, 5) is 1.31. The highest BCUT2D eigenvalue weighted by Gasteiger charge is 2.16. The molecule has 1 aromatic rings. The maximum absolute atomic E-state index is 5.67. The Kier molecular flexibility index (Phi) is 6.88. The molecule has 1 fully saturated rings. The molecule has 1 saturated heterocycles. The molecule has 2 rings (SSSR count). The summed E-state index contributed by atoms with van der Waals surface area (Å²) in [5, 5.41) is 3.48. The average molecular weight is 358 g/mol. The molecule has 1 heterocycles. The highest BCUT2D eigenvalue weighted by molar-refractivity contribution is 9.10.